The second-order valence-electron chi connectivity index (χ2n) is 3.13. The number of benzene rings is 1. The Morgan fingerprint density at radius 1 is 1.44 bits per heavy atom. The number of amides is 1. The van der Waals surface area contributed by atoms with Gasteiger partial charge in [0.1, 0.15) is 0 Å². The number of rotatable bonds is 3. The van der Waals surface area contributed by atoms with E-state index in [0.717, 1.165) is 0 Å². The lowest BCUT2D eigenvalue weighted by Crippen LogP contribution is -2.15. The van der Waals surface area contributed by atoms with E-state index >= 15 is 0 Å². The Kier molecular flexibility index (Phi) is 3.88. The molecule has 1 aromatic rings. The van der Waals surface area contributed by atoms with Gasteiger partial charge in [-0.25, -0.2) is 9.59 Å². The molecule has 0 aliphatic rings. The van der Waals surface area contributed by atoms with Gasteiger partial charge < -0.3 is 9.84 Å². The summed E-state index contributed by atoms with van der Waals surface area (Å²) in [6.07, 6.45) is -0.590. The smallest absolute Gasteiger partial charge is 0.411 e. The first-order chi connectivity index (χ1) is 7.56. The minimum atomic E-state index is -1.02. The van der Waals surface area contributed by atoms with Crippen LogP contribution >= 0.6 is 0 Å². The third-order valence-corrected chi connectivity index (χ3v) is 2.08. The fraction of sp³-hybridized carbons (Fsp3) is 0.273. The molecule has 5 nitrogen and oxygen atoms in total. The van der Waals surface area contributed by atoms with Crippen LogP contribution in [0, 0.1) is 6.92 Å². The number of carboxylic acids is 1. The number of ether oxygens (including phenoxy) is 1. The Morgan fingerprint density at radius 2 is 2.12 bits per heavy atom. The van der Waals surface area contributed by atoms with Gasteiger partial charge in [0.2, 0.25) is 0 Å². The standard InChI is InChI=1S/C11H13NO4/c1-3-16-11(15)12-9-6-4-5-8(7(9)2)10(13)14/h4-6H,3H2,1-2H3,(H,12,15)(H,13,14). The zero-order valence-corrected chi connectivity index (χ0v) is 9.11. The molecule has 0 aromatic heterocycles. The van der Waals surface area contributed by atoms with Crippen LogP contribution in [0.1, 0.15) is 22.8 Å². The van der Waals surface area contributed by atoms with Gasteiger partial charge in [-0.3, -0.25) is 5.32 Å². The van der Waals surface area contributed by atoms with Crippen LogP contribution in [0.2, 0.25) is 0 Å². The first-order valence-electron chi connectivity index (χ1n) is 4.83. The molecule has 0 bridgehead atoms. The van der Waals surface area contributed by atoms with Crippen LogP contribution in [-0.4, -0.2) is 23.8 Å². The van der Waals surface area contributed by atoms with Gasteiger partial charge in [0, 0.05) is 5.69 Å². The molecule has 0 aliphatic heterocycles. The molecule has 1 amide bonds. The maximum absolute atomic E-state index is 11.2. The Bertz CT molecular complexity index is 414. The Labute approximate surface area is 93.0 Å². The number of hydrogen-bond donors (Lipinski definition) is 2. The average molecular weight is 223 g/mol. The summed E-state index contributed by atoms with van der Waals surface area (Å²) in [5.74, 6) is -1.02. The molecular formula is C11H13NO4. The fourth-order valence-electron chi connectivity index (χ4n) is 1.28. The van der Waals surface area contributed by atoms with Crippen molar-refractivity contribution in [1.29, 1.82) is 0 Å². The summed E-state index contributed by atoms with van der Waals surface area (Å²) in [6, 6.07) is 4.67. The van der Waals surface area contributed by atoms with Crippen LogP contribution in [0.5, 0.6) is 0 Å². The van der Waals surface area contributed by atoms with Gasteiger partial charge in [0.25, 0.3) is 0 Å². The average Bonchev–Trinajstić information content (AvgIpc) is 2.21. The predicted molar refractivity (Wildman–Crippen MR) is 58.8 cm³/mol. The number of nitrogens with one attached hydrogen (secondary N) is 1. The molecule has 1 rings (SSSR count). The predicted octanol–water partition coefficient (Wildman–Crippen LogP) is 2.26. The molecular weight excluding hydrogens is 210 g/mol. The normalized spacial score (nSPS) is 9.62. The van der Waals surface area contributed by atoms with Crippen molar-refractivity contribution in [3.8, 4) is 0 Å². The highest BCUT2D eigenvalue weighted by molar-refractivity contribution is 5.93. The van der Waals surface area contributed by atoms with Crippen LogP contribution in [0.4, 0.5) is 10.5 Å². The van der Waals surface area contributed by atoms with Crippen LogP contribution in [0.25, 0.3) is 0 Å². The molecule has 0 saturated carbocycles. The lowest BCUT2D eigenvalue weighted by molar-refractivity contribution is 0.0696. The minimum Gasteiger partial charge on any atom is -0.478 e. The lowest BCUT2D eigenvalue weighted by Gasteiger charge is -2.09. The van der Waals surface area contributed by atoms with Crippen molar-refractivity contribution in [3.05, 3.63) is 29.3 Å². The monoisotopic (exact) mass is 223 g/mol. The summed E-state index contributed by atoms with van der Waals surface area (Å²) in [6.45, 7) is 3.59. The number of anilines is 1. The minimum absolute atomic E-state index is 0.161. The zero-order chi connectivity index (χ0) is 12.1. The van der Waals surface area contributed by atoms with Gasteiger partial charge in [0.15, 0.2) is 0 Å². The molecule has 0 radical (unpaired) electrons. The third-order valence-electron chi connectivity index (χ3n) is 2.08. The number of hydrogen-bond acceptors (Lipinski definition) is 3. The van der Waals surface area contributed by atoms with E-state index in [1.807, 2.05) is 0 Å². The van der Waals surface area contributed by atoms with Gasteiger partial charge in [-0.2, -0.15) is 0 Å². The summed E-state index contributed by atoms with van der Waals surface area (Å²) in [5.41, 5.74) is 1.11. The molecule has 0 unspecified atom stereocenters. The highest BCUT2D eigenvalue weighted by atomic mass is 16.5. The summed E-state index contributed by atoms with van der Waals surface area (Å²) in [7, 11) is 0. The van der Waals surface area contributed by atoms with Crippen molar-refractivity contribution >= 4 is 17.7 Å². The first-order valence-corrected chi connectivity index (χ1v) is 4.83. The summed E-state index contributed by atoms with van der Waals surface area (Å²) in [4.78, 5) is 22.0. The van der Waals surface area contributed by atoms with Gasteiger partial charge in [-0.15, -0.1) is 0 Å². The number of carboxylic acid groups (broad SMARTS) is 1. The van der Waals surface area contributed by atoms with Gasteiger partial charge >= 0.3 is 12.1 Å². The van der Waals surface area contributed by atoms with Crippen LogP contribution < -0.4 is 5.32 Å². The molecule has 16 heavy (non-hydrogen) atoms. The largest absolute Gasteiger partial charge is 0.478 e. The molecule has 1 aromatic carbocycles. The molecule has 5 heteroatoms. The molecule has 0 fully saturated rings. The first kappa shape index (κ1) is 12.0. The SMILES string of the molecule is CCOC(=O)Nc1cccc(C(=O)O)c1C. The number of carbonyl (C=O) groups is 2. The van der Waals surface area contributed by atoms with Crippen LogP contribution in [0.15, 0.2) is 18.2 Å². The third kappa shape index (κ3) is 2.73. The highest BCUT2D eigenvalue weighted by Crippen LogP contribution is 2.19. The maximum atomic E-state index is 11.2. The van der Waals surface area contributed by atoms with E-state index in [0.29, 0.717) is 11.3 Å². The summed E-state index contributed by atoms with van der Waals surface area (Å²) in [5, 5.41) is 11.4. The van der Waals surface area contributed by atoms with E-state index in [1.54, 1.807) is 26.0 Å². The van der Waals surface area contributed by atoms with Crippen molar-refractivity contribution in [2.45, 2.75) is 13.8 Å². The summed E-state index contributed by atoms with van der Waals surface area (Å²) < 4.78 is 4.70. The second-order valence-corrected chi connectivity index (χ2v) is 3.13. The fourth-order valence-corrected chi connectivity index (χ4v) is 1.28. The molecule has 0 heterocycles. The molecule has 0 aliphatic carbocycles. The Morgan fingerprint density at radius 3 is 2.69 bits per heavy atom. The molecule has 86 valence electrons. The summed E-state index contributed by atoms with van der Waals surface area (Å²) >= 11 is 0. The van der Waals surface area contributed by atoms with E-state index in [9.17, 15) is 9.59 Å². The number of carbonyl (C=O) groups excluding carboxylic acids is 1. The van der Waals surface area contributed by atoms with E-state index in [-0.39, 0.29) is 12.2 Å². The molecule has 0 spiro atoms. The number of aromatic carboxylic acids is 1. The topological polar surface area (TPSA) is 75.6 Å². The Balaban J connectivity index is 2.93. The zero-order valence-electron chi connectivity index (χ0n) is 9.11. The maximum Gasteiger partial charge on any atom is 0.411 e. The van der Waals surface area contributed by atoms with E-state index < -0.39 is 12.1 Å². The van der Waals surface area contributed by atoms with Crippen molar-refractivity contribution in [2.75, 3.05) is 11.9 Å². The van der Waals surface area contributed by atoms with Crippen molar-refractivity contribution in [1.82, 2.24) is 0 Å². The van der Waals surface area contributed by atoms with E-state index in [2.05, 4.69) is 5.32 Å². The highest BCUT2D eigenvalue weighted by Gasteiger charge is 2.11. The van der Waals surface area contributed by atoms with Crippen LogP contribution in [-0.2, 0) is 4.74 Å². The molecule has 0 saturated heterocycles. The lowest BCUT2D eigenvalue weighted by atomic mass is 10.1. The van der Waals surface area contributed by atoms with Crippen molar-refractivity contribution < 1.29 is 19.4 Å². The van der Waals surface area contributed by atoms with Gasteiger partial charge in [0.05, 0.1) is 12.2 Å². The molecule has 0 atom stereocenters. The van der Waals surface area contributed by atoms with Gasteiger partial charge in [-0.1, -0.05) is 6.07 Å². The van der Waals surface area contributed by atoms with E-state index in [1.165, 1.54) is 6.07 Å². The van der Waals surface area contributed by atoms with Crippen molar-refractivity contribution in [2.24, 2.45) is 0 Å². The van der Waals surface area contributed by atoms with Crippen LogP contribution in [0.3, 0.4) is 0 Å². The van der Waals surface area contributed by atoms with Gasteiger partial charge in [-0.05, 0) is 31.5 Å². The molecule has 2 N–H and O–H groups in total. The van der Waals surface area contributed by atoms with E-state index in [4.69, 9.17) is 9.84 Å². The quantitative estimate of drug-likeness (QED) is 0.824. The van der Waals surface area contributed by atoms with Crippen molar-refractivity contribution in [3.63, 3.8) is 0 Å². The Hall–Kier alpha value is -2.04. The second kappa shape index (κ2) is 5.16.